The molecule has 1 rings (SSSR count). The molecule has 0 radical (unpaired) electrons. The van der Waals surface area contributed by atoms with Crippen molar-refractivity contribution >= 4 is 26.7 Å². The van der Waals surface area contributed by atoms with Gasteiger partial charge in [-0.25, -0.2) is 8.78 Å². The molecule has 2 unspecified atom stereocenters. The molecular formula is C17H31F2N2OPS. The first-order chi connectivity index (χ1) is 11.3. The molecule has 0 amide bonds. The van der Waals surface area contributed by atoms with Crippen molar-refractivity contribution in [3.05, 3.63) is 11.0 Å². The fraction of sp³-hybridized carbons (Fsp3) is 0.824. The number of hydrazone groups is 1. The molecule has 0 heterocycles. The van der Waals surface area contributed by atoms with Crippen LogP contribution in [0.4, 0.5) is 8.78 Å². The van der Waals surface area contributed by atoms with Gasteiger partial charge in [0.1, 0.15) is 6.54 Å². The third kappa shape index (κ3) is 8.26. The van der Waals surface area contributed by atoms with Gasteiger partial charge in [0.2, 0.25) is 0 Å². The Labute approximate surface area is 151 Å². The lowest BCUT2D eigenvalue weighted by Crippen LogP contribution is -2.27. The lowest BCUT2D eigenvalue weighted by Gasteiger charge is -2.28. The van der Waals surface area contributed by atoms with Crippen molar-refractivity contribution in [2.75, 3.05) is 19.3 Å². The largest absolute Gasteiger partial charge is 0.388 e. The Morgan fingerprint density at radius 1 is 1.42 bits per heavy atom. The molecule has 1 aliphatic carbocycles. The quantitative estimate of drug-likeness (QED) is 0.357. The maximum Gasteiger partial charge on any atom is 0.277 e. The fourth-order valence-electron chi connectivity index (χ4n) is 2.97. The topological polar surface area (TPSA) is 35.8 Å². The maximum atomic E-state index is 13.0. The fourth-order valence-corrected chi connectivity index (χ4v) is 4.36. The molecule has 1 N–H and O–H groups in total. The van der Waals surface area contributed by atoms with Crippen LogP contribution >= 0.6 is 21.0 Å². The highest BCUT2D eigenvalue weighted by Gasteiger charge is 2.25. The van der Waals surface area contributed by atoms with Crippen LogP contribution in [0.25, 0.3) is 0 Å². The predicted octanol–water partition coefficient (Wildman–Crippen LogP) is 4.73. The second kappa shape index (κ2) is 10.7. The van der Waals surface area contributed by atoms with Crippen molar-refractivity contribution < 1.29 is 13.9 Å². The Morgan fingerprint density at radius 2 is 2.04 bits per heavy atom. The molecule has 0 aromatic carbocycles. The third-order valence-electron chi connectivity index (χ3n) is 4.24. The molecule has 3 nitrogen and oxygen atoms in total. The van der Waals surface area contributed by atoms with Crippen LogP contribution in [0, 0.1) is 5.92 Å². The van der Waals surface area contributed by atoms with Crippen LogP contribution in [0.15, 0.2) is 16.1 Å². The zero-order valence-corrected chi connectivity index (χ0v) is 16.9. The molecule has 0 bridgehead atoms. The Bertz CT molecular complexity index is 435. The summed E-state index contributed by atoms with van der Waals surface area (Å²) >= 11 is 1.58. The zero-order valence-electron chi connectivity index (χ0n) is 15.0. The number of allylic oxidation sites excluding steroid dienone is 1. The van der Waals surface area contributed by atoms with Gasteiger partial charge >= 0.3 is 0 Å². The lowest BCUT2D eigenvalue weighted by atomic mass is 9.85. The zero-order chi connectivity index (χ0) is 18.2. The highest BCUT2D eigenvalue weighted by atomic mass is 32.2. The molecule has 2 atom stereocenters. The average molecular weight is 380 g/mol. The Morgan fingerprint density at radius 3 is 2.54 bits per heavy atom. The van der Waals surface area contributed by atoms with Gasteiger partial charge in [-0.1, -0.05) is 41.5 Å². The first-order valence-electron chi connectivity index (χ1n) is 8.68. The van der Waals surface area contributed by atoms with E-state index in [4.69, 9.17) is 0 Å². The number of alkyl halides is 2. The van der Waals surface area contributed by atoms with Gasteiger partial charge in [0, 0.05) is 23.4 Å². The summed E-state index contributed by atoms with van der Waals surface area (Å²) in [6.07, 6.45) is 8.08. The molecule has 0 aromatic rings. The van der Waals surface area contributed by atoms with E-state index in [0.29, 0.717) is 18.1 Å². The summed E-state index contributed by atoms with van der Waals surface area (Å²) in [6.45, 7) is 3.49. The van der Waals surface area contributed by atoms with E-state index in [9.17, 15) is 13.9 Å². The van der Waals surface area contributed by atoms with Crippen molar-refractivity contribution in [3.8, 4) is 0 Å². The van der Waals surface area contributed by atoms with Crippen LogP contribution < -0.4 is 0 Å². The van der Waals surface area contributed by atoms with Crippen LogP contribution in [0.3, 0.4) is 0 Å². The number of nitrogens with zero attached hydrogens (tertiary/aromatic N) is 2. The summed E-state index contributed by atoms with van der Waals surface area (Å²) in [4.78, 5) is 0.974. The van der Waals surface area contributed by atoms with E-state index in [0.717, 1.165) is 23.5 Å². The smallest absolute Gasteiger partial charge is 0.277 e. The van der Waals surface area contributed by atoms with E-state index in [1.807, 2.05) is 19.9 Å². The molecule has 0 aliphatic heterocycles. The van der Waals surface area contributed by atoms with Crippen LogP contribution in [0.2, 0.25) is 0 Å². The van der Waals surface area contributed by atoms with Crippen LogP contribution in [-0.2, 0) is 0 Å². The van der Waals surface area contributed by atoms with Crippen molar-refractivity contribution in [3.63, 3.8) is 0 Å². The molecular weight excluding hydrogens is 349 g/mol. The molecule has 0 aromatic heterocycles. The first kappa shape index (κ1) is 21.9. The van der Waals surface area contributed by atoms with Gasteiger partial charge in [0.15, 0.2) is 0 Å². The van der Waals surface area contributed by atoms with Crippen molar-refractivity contribution in [1.82, 2.24) is 5.01 Å². The second-order valence-electron chi connectivity index (χ2n) is 6.42. The highest BCUT2D eigenvalue weighted by Crippen LogP contribution is 2.33. The van der Waals surface area contributed by atoms with E-state index < -0.39 is 18.3 Å². The van der Waals surface area contributed by atoms with Gasteiger partial charge < -0.3 is 5.11 Å². The minimum Gasteiger partial charge on any atom is -0.388 e. The van der Waals surface area contributed by atoms with E-state index in [1.165, 1.54) is 33.5 Å². The summed E-state index contributed by atoms with van der Waals surface area (Å²) < 4.78 is 26.0. The molecule has 0 saturated heterocycles. The molecule has 1 saturated carbocycles. The molecule has 7 heteroatoms. The molecule has 1 aliphatic rings. The predicted molar refractivity (Wildman–Crippen MR) is 104 cm³/mol. The number of hydrogen-bond acceptors (Lipinski definition) is 4. The molecule has 1 fully saturated rings. The van der Waals surface area contributed by atoms with Crippen LogP contribution in [-0.4, -0.2) is 46.9 Å². The van der Waals surface area contributed by atoms with Crippen molar-refractivity contribution in [2.24, 2.45) is 11.0 Å². The number of aliphatic hydroxyl groups excluding tert-OH is 1. The SMILES string of the molecule is C/C=C(\SC/C(CC)=N/N(C)CC(F)(F)P)C(O)C1CCCCC1. The highest BCUT2D eigenvalue weighted by molar-refractivity contribution is 8.03. The van der Waals surface area contributed by atoms with E-state index >= 15 is 0 Å². The summed E-state index contributed by atoms with van der Waals surface area (Å²) in [5, 5.41) is 16.2. The Kier molecular flexibility index (Phi) is 9.76. The van der Waals surface area contributed by atoms with Crippen molar-refractivity contribution in [1.29, 1.82) is 0 Å². The number of rotatable bonds is 9. The second-order valence-corrected chi connectivity index (χ2v) is 8.31. The van der Waals surface area contributed by atoms with Gasteiger partial charge in [-0.05, 0) is 32.1 Å². The van der Waals surface area contributed by atoms with Crippen molar-refractivity contribution in [2.45, 2.75) is 64.1 Å². The minimum absolute atomic E-state index is 0.345. The summed E-state index contributed by atoms with van der Waals surface area (Å²) in [7, 11) is 3.10. The van der Waals surface area contributed by atoms with Gasteiger partial charge in [-0.15, -0.1) is 11.8 Å². The van der Waals surface area contributed by atoms with E-state index in [1.54, 1.807) is 18.8 Å². The number of hydrogen-bond donors (Lipinski definition) is 1. The molecule has 24 heavy (non-hydrogen) atoms. The summed E-state index contributed by atoms with van der Waals surface area (Å²) in [5.74, 6) is 0.963. The molecule has 140 valence electrons. The van der Waals surface area contributed by atoms with Gasteiger partial charge in [0.25, 0.3) is 5.66 Å². The van der Waals surface area contributed by atoms with E-state index in [-0.39, 0.29) is 0 Å². The minimum atomic E-state index is -2.84. The first-order valence-corrected chi connectivity index (χ1v) is 10.2. The maximum absolute atomic E-state index is 13.0. The Balaban J connectivity index is 2.58. The number of aliphatic hydroxyl groups is 1. The third-order valence-corrected chi connectivity index (χ3v) is 5.71. The van der Waals surface area contributed by atoms with Gasteiger partial charge in [0.05, 0.1) is 6.10 Å². The number of thioether (sulfide) groups is 1. The van der Waals surface area contributed by atoms with Crippen LogP contribution in [0.1, 0.15) is 52.4 Å². The normalized spacial score (nSPS) is 19.5. The van der Waals surface area contributed by atoms with Gasteiger partial charge in [-0.3, -0.25) is 5.01 Å². The summed E-state index contributed by atoms with van der Waals surface area (Å²) in [5.41, 5.74) is -1.98. The summed E-state index contributed by atoms with van der Waals surface area (Å²) in [6, 6.07) is 0. The number of halogens is 2. The molecule has 0 spiro atoms. The Hall–Kier alpha value is -0.190. The van der Waals surface area contributed by atoms with E-state index in [2.05, 4.69) is 5.10 Å². The van der Waals surface area contributed by atoms with Gasteiger partial charge in [-0.2, -0.15) is 5.10 Å². The monoisotopic (exact) mass is 380 g/mol. The lowest BCUT2D eigenvalue weighted by molar-refractivity contribution is 0.0647. The van der Waals surface area contributed by atoms with Crippen LogP contribution in [0.5, 0.6) is 0 Å². The standard InChI is InChI=1S/C17H31F2N2OPS/c1-4-14(20-21(3)12-17(18,19)23)11-24-15(5-2)16(22)13-9-7-6-8-10-13/h5,13,16,22H,4,6-12,23H2,1-3H3/b15-5-,20-14+. The average Bonchev–Trinajstić information content (AvgIpc) is 2.53.